The van der Waals surface area contributed by atoms with E-state index in [1.807, 2.05) is 0 Å². The zero-order chi connectivity index (χ0) is 6.81. The first kappa shape index (κ1) is 6.62. The Morgan fingerprint density at radius 2 is 2.30 bits per heavy atom. The highest BCUT2D eigenvalue weighted by Gasteiger charge is 2.21. The maximum atomic E-state index is 3.48. The van der Waals surface area contributed by atoms with Crippen molar-refractivity contribution < 1.29 is 0 Å². The molecule has 2 heterocycles. The van der Waals surface area contributed by atoms with Crippen LogP contribution in [0.1, 0.15) is 12.8 Å². The molecule has 0 spiro atoms. The molecule has 0 amide bonds. The number of piperidine rings is 1. The fourth-order valence-electron chi connectivity index (χ4n) is 2.06. The van der Waals surface area contributed by atoms with E-state index in [-0.39, 0.29) is 0 Å². The van der Waals surface area contributed by atoms with Gasteiger partial charge in [0.25, 0.3) is 0 Å². The summed E-state index contributed by atoms with van der Waals surface area (Å²) in [5, 5.41) is 3.48. The zero-order valence-electron chi connectivity index (χ0n) is 6.47. The van der Waals surface area contributed by atoms with Gasteiger partial charge in [-0.15, -0.1) is 0 Å². The standard InChI is InChI=1S/C8H16N2/c1-2-8-6-9-3-5-10(4-1)7-8/h8-9H,1-7H2/t8-/m1/s1. The maximum Gasteiger partial charge on any atom is 0.0107 e. The monoisotopic (exact) mass is 140 g/mol. The molecule has 0 aromatic rings. The van der Waals surface area contributed by atoms with Gasteiger partial charge < -0.3 is 10.2 Å². The van der Waals surface area contributed by atoms with Crippen LogP contribution in [0.3, 0.4) is 0 Å². The summed E-state index contributed by atoms with van der Waals surface area (Å²) in [6.45, 7) is 6.44. The van der Waals surface area contributed by atoms with E-state index in [1.165, 1.54) is 45.6 Å². The van der Waals surface area contributed by atoms with Crippen molar-refractivity contribution in [1.82, 2.24) is 10.2 Å². The summed E-state index contributed by atoms with van der Waals surface area (Å²) in [5.74, 6) is 0.955. The Morgan fingerprint density at radius 3 is 3.30 bits per heavy atom. The summed E-state index contributed by atoms with van der Waals surface area (Å²) in [6, 6.07) is 0. The molecule has 10 heavy (non-hydrogen) atoms. The Hall–Kier alpha value is -0.0800. The smallest absolute Gasteiger partial charge is 0.0107 e. The highest BCUT2D eigenvalue weighted by Crippen LogP contribution is 2.16. The Balaban J connectivity index is 1.96. The molecule has 0 saturated carbocycles. The third kappa shape index (κ3) is 1.32. The van der Waals surface area contributed by atoms with Crippen LogP contribution in [0.5, 0.6) is 0 Å². The normalized spacial score (nSPS) is 40.8. The van der Waals surface area contributed by atoms with Crippen LogP contribution in [0, 0.1) is 5.92 Å². The molecule has 58 valence electrons. The predicted molar refractivity (Wildman–Crippen MR) is 42.0 cm³/mol. The molecule has 0 radical (unpaired) electrons. The molecule has 0 aromatic heterocycles. The van der Waals surface area contributed by atoms with Gasteiger partial charge in [0.1, 0.15) is 0 Å². The third-order valence-electron chi connectivity index (χ3n) is 2.64. The Bertz CT molecular complexity index is 102. The van der Waals surface area contributed by atoms with Crippen LogP contribution in [0.4, 0.5) is 0 Å². The van der Waals surface area contributed by atoms with Gasteiger partial charge in [0.2, 0.25) is 0 Å². The highest BCUT2D eigenvalue weighted by atomic mass is 15.2. The summed E-state index contributed by atoms with van der Waals surface area (Å²) in [6.07, 6.45) is 2.87. The zero-order valence-corrected chi connectivity index (χ0v) is 6.47. The SMILES string of the molecule is C1C[C@@H]2CNCCN(C1)C2. The molecule has 2 heteroatoms. The van der Waals surface area contributed by atoms with Crippen molar-refractivity contribution >= 4 is 0 Å². The van der Waals surface area contributed by atoms with Crippen LogP contribution >= 0.6 is 0 Å². The number of hydrogen-bond acceptors (Lipinski definition) is 2. The Morgan fingerprint density at radius 1 is 1.30 bits per heavy atom. The first-order valence-corrected chi connectivity index (χ1v) is 4.38. The van der Waals surface area contributed by atoms with Crippen molar-refractivity contribution in [3.63, 3.8) is 0 Å². The summed E-state index contributed by atoms with van der Waals surface area (Å²) < 4.78 is 0. The van der Waals surface area contributed by atoms with Crippen LogP contribution in [-0.4, -0.2) is 37.6 Å². The molecule has 1 unspecified atom stereocenters. The number of nitrogens with zero attached hydrogens (tertiary/aromatic N) is 1. The van der Waals surface area contributed by atoms with Gasteiger partial charge in [0, 0.05) is 19.6 Å². The van der Waals surface area contributed by atoms with Crippen molar-refractivity contribution in [2.75, 3.05) is 32.7 Å². The largest absolute Gasteiger partial charge is 0.315 e. The molecule has 2 nitrogen and oxygen atoms in total. The fourth-order valence-corrected chi connectivity index (χ4v) is 2.06. The van der Waals surface area contributed by atoms with Gasteiger partial charge in [-0.2, -0.15) is 0 Å². The molecule has 2 atom stereocenters. The third-order valence-corrected chi connectivity index (χ3v) is 2.64. The van der Waals surface area contributed by atoms with Gasteiger partial charge in [-0.25, -0.2) is 0 Å². The maximum absolute atomic E-state index is 3.48. The molecular weight excluding hydrogens is 124 g/mol. The lowest BCUT2D eigenvalue weighted by Crippen LogP contribution is -2.35. The topological polar surface area (TPSA) is 15.3 Å². The summed E-state index contributed by atoms with van der Waals surface area (Å²) >= 11 is 0. The second kappa shape index (κ2) is 2.89. The van der Waals surface area contributed by atoms with E-state index in [1.54, 1.807) is 0 Å². The average molecular weight is 140 g/mol. The van der Waals surface area contributed by atoms with Gasteiger partial charge in [0.15, 0.2) is 0 Å². The lowest BCUT2D eigenvalue weighted by atomic mass is 9.99. The van der Waals surface area contributed by atoms with Crippen molar-refractivity contribution in [3.05, 3.63) is 0 Å². The van der Waals surface area contributed by atoms with Crippen molar-refractivity contribution in [2.45, 2.75) is 12.8 Å². The van der Waals surface area contributed by atoms with Crippen LogP contribution in [0.15, 0.2) is 0 Å². The number of fused-ring (bicyclic) bond motifs is 2. The molecule has 1 N–H and O–H groups in total. The number of nitrogens with one attached hydrogen (secondary N) is 1. The molecule has 0 aliphatic carbocycles. The first-order chi connectivity index (χ1) is 4.95. The van der Waals surface area contributed by atoms with Crippen LogP contribution in [0.2, 0.25) is 0 Å². The molecule has 2 aliphatic rings. The fraction of sp³-hybridized carbons (Fsp3) is 1.00. The van der Waals surface area contributed by atoms with E-state index < -0.39 is 0 Å². The second-order valence-electron chi connectivity index (χ2n) is 3.51. The van der Waals surface area contributed by atoms with Crippen molar-refractivity contribution in [3.8, 4) is 0 Å². The van der Waals surface area contributed by atoms with E-state index in [0.29, 0.717) is 0 Å². The van der Waals surface area contributed by atoms with Gasteiger partial charge in [-0.1, -0.05) is 0 Å². The van der Waals surface area contributed by atoms with E-state index in [0.717, 1.165) is 5.92 Å². The lowest BCUT2D eigenvalue weighted by Gasteiger charge is -2.28. The van der Waals surface area contributed by atoms with E-state index in [4.69, 9.17) is 0 Å². The van der Waals surface area contributed by atoms with Crippen LogP contribution < -0.4 is 5.32 Å². The van der Waals surface area contributed by atoms with Crippen molar-refractivity contribution in [2.24, 2.45) is 5.92 Å². The minimum absolute atomic E-state index is 0.955. The minimum Gasteiger partial charge on any atom is -0.315 e. The second-order valence-corrected chi connectivity index (χ2v) is 3.51. The van der Waals surface area contributed by atoms with Crippen LogP contribution in [-0.2, 0) is 0 Å². The lowest BCUT2D eigenvalue weighted by molar-refractivity contribution is 0.200. The van der Waals surface area contributed by atoms with Gasteiger partial charge in [0.05, 0.1) is 0 Å². The predicted octanol–water partition coefficient (Wildman–Crippen LogP) is 0.302. The van der Waals surface area contributed by atoms with Crippen LogP contribution in [0.25, 0.3) is 0 Å². The molecule has 2 aliphatic heterocycles. The highest BCUT2D eigenvalue weighted by molar-refractivity contribution is 4.78. The quantitative estimate of drug-likeness (QED) is 0.520. The average Bonchev–Trinajstić information content (AvgIpc) is 2.12. The number of rotatable bonds is 0. The summed E-state index contributed by atoms with van der Waals surface area (Å²) in [7, 11) is 0. The first-order valence-electron chi connectivity index (χ1n) is 4.38. The number of hydrogen-bond donors (Lipinski definition) is 1. The summed E-state index contributed by atoms with van der Waals surface area (Å²) in [5.41, 5.74) is 0. The molecule has 2 bridgehead atoms. The minimum atomic E-state index is 0.955. The Labute approximate surface area is 62.6 Å². The molecule has 2 saturated heterocycles. The van der Waals surface area contributed by atoms with E-state index in [9.17, 15) is 0 Å². The van der Waals surface area contributed by atoms with Crippen molar-refractivity contribution in [1.29, 1.82) is 0 Å². The molecular formula is C8H16N2. The van der Waals surface area contributed by atoms with Gasteiger partial charge in [-0.05, 0) is 31.8 Å². The molecule has 2 rings (SSSR count). The van der Waals surface area contributed by atoms with Gasteiger partial charge >= 0.3 is 0 Å². The Kier molecular flexibility index (Phi) is 1.91. The van der Waals surface area contributed by atoms with E-state index in [2.05, 4.69) is 10.2 Å². The van der Waals surface area contributed by atoms with Gasteiger partial charge in [-0.3, -0.25) is 0 Å². The summed E-state index contributed by atoms with van der Waals surface area (Å²) in [4.78, 5) is 2.59. The molecule has 0 aromatic carbocycles. The molecule has 2 fully saturated rings. The van der Waals surface area contributed by atoms with E-state index >= 15 is 0 Å².